The maximum Gasteiger partial charge on any atom is 0.280 e. The van der Waals surface area contributed by atoms with Crippen molar-refractivity contribution in [3.05, 3.63) is 48.2 Å². The molecule has 1 aliphatic carbocycles. The molecule has 2 amide bonds. The van der Waals surface area contributed by atoms with Gasteiger partial charge in [-0.2, -0.15) is 0 Å². The van der Waals surface area contributed by atoms with Crippen LogP contribution in [0.1, 0.15) is 36.1 Å². The highest BCUT2D eigenvalue weighted by atomic mass is 32.2. The van der Waals surface area contributed by atoms with Gasteiger partial charge in [0.1, 0.15) is 5.25 Å². The Balaban J connectivity index is 1.84. The number of amides is 2. The number of benzene rings is 1. The third kappa shape index (κ3) is 2.27. The van der Waals surface area contributed by atoms with Crippen molar-refractivity contribution in [3.63, 3.8) is 0 Å². The summed E-state index contributed by atoms with van der Waals surface area (Å²) in [5.74, 6) is 3.68. The molecule has 4 rings (SSSR count). The quantitative estimate of drug-likeness (QED) is 0.672. The zero-order valence-electron chi connectivity index (χ0n) is 12.7. The highest BCUT2D eigenvalue weighted by Crippen LogP contribution is 2.42. The Morgan fingerprint density at radius 1 is 1.26 bits per heavy atom. The number of fused-ring (bicyclic) bond motifs is 1. The van der Waals surface area contributed by atoms with Gasteiger partial charge in [-0.3, -0.25) is 14.9 Å². The van der Waals surface area contributed by atoms with Crippen molar-refractivity contribution in [3.8, 4) is 0 Å². The van der Waals surface area contributed by atoms with Gasteiger partial charge in [0.25, 0.3) is 5.24 Å². The molecule has 1 fully saturated rings. The number of aromatic nitrogens is 1. The number of nitrogens with zero attached hydrogens (tertiary/aromatic N) is 1. The second-order valence-electron chi connectivity index (χ2n) is 6.02. The summed E-state index contributed by atoms with van der Waals surface area (Å²) in [5, 5.41) is 2.72. The maximum absolute atomic E-state index is 12.2. The first-order chi connectivity index (χ1) is 11.2. The first kappa shape index (κ1) is 14.5. The van der Waals surface area contributed by atoms with E-state index in [-0.39, 0.29) is 11.1 Å². The van der Waals surface area contributed by atoms with Crippen LogP contribution in [0.4, 0.5) is 4.79 Å². The smallest absolute Gasteiger partial charge is 0.280 e. The van der Waals surface area contributed by atoms with E-state index in [0.717, 1.165) is 29.3 Å². The Morgan fingerprint density at radius 2 is 2.13 bits per heavy atom. The second kappa shape index (κ2) is 5.49. The normalized spacial score (nSPS) is 27.6. The van der Waals surface area contributed by atoms with Gasteiger partial charge in [0, 0.05) is 17.1 Å². The van der Waals surface area contributed by atoms with Gasteiger partial charge in [0.05, 0.1) is 6.04 Å². The molecule has 3 unspecified atom stereocenters. The van der Waals surface area contributed by atoms with E-state index in [4.69, 9.17) is 0 Å². The third-order valence-electron chi connectivity index (χ3n) is 4.65. The van der Waals surface area contributed by atoms with Crippen molar-refractivity contribution in [2.75, 3.05) is 0 Å². The van der Waals surface area contributed by atoms with Crippen molar-refractivity contribution in [1.29, 1.82) is 0 Å². The monoisotopic (exact) mass is 326 g/mol. The molecule has 5 heteroatoms. The lowest BCUT2D eigenvalue weighted by Crippen LogP contribution is -2.20. The standard InChI is InChI=1S/C18H18N2O2S/c1-23-16(17(21)19-18(23)22)14-8-5-9-15-13(14)10-11-20(15)12-6-3-2-4-7-12/h3,5-6,8-12,16H,1-2,4,7H2,(H,19,21,22). The number of carbonyl (C=O) groups excluding carboxylic acids is 2. The minimum atomic E-state index is -0.861. The van der Waals surface area contributed by atoms with Crippen LogP contribution in [0.2, 0.25) is 0 Å². The molecule has 0 saturated carbocycles. The molecule has 1 aliphatic heterocycles. The number of imide groups is 1. The lowest BCUT2D eigenvalue weighted by Gasteiger charge is -2.20. The van der Waals surface area contributed by atoms with Crippen LogP contribution in [0.3, 0.4) is 0 Å². The van der Waals surface area contributed by atoms with E-state index in [1.165, 1.54) is 6.42 Å². The van der Waals surface area contributed by atoms with Crippen LogP contribution in [0.25, 0.3) is 10.9 Å². The van der Waals surface area contributed by atoms with E-state index in [0.29, 0.717) is 6.04 Å². The van der Waals surface area contributed by atoms with E-state index in [1.807, 2.05) is 12.1 Å². The molecule has 1 aromatic heterocycles. The summed E-state index contributed by atoms with van der Waals surface area (Å²) in [4.78, 5) is 23.9. The summed E-state index contributed by atoms with van der Waals surface area (Å²) in [6.45, 7) is 0. The molecule has 0 radical (unpaired) electrons. The van der Waals surface area contributed by atoms with E-state index in [1.54, 1.807) is 0 Å². The summed E-state index contributed by atoms with van der Waals surface area (Å²) < 4.78 is 2.27. The van der Waals surface area contributed by atoms with Crippen molar-refractivity contribution in [1.82, 2.24) is 9.88 Å². The number of rotatable bonds is 2. The number of nitrogens with one attached hydrogen (secondary N) is 1. The predicted molar refractivity (Wildman–Crippen MR) is 95.0 cm³/mol. The summed E-state index contributed by atoms with van der Waals surface area (Å²) in [6, 6.07) is 8.41. The molecule has 2 aromatic rings. The minimum Gasteiger partial charge on any atom is -0.341 e. The maximum atomic E-state index is 12.2. The Bertz CT molecular complexity index is 865. The van der Waals surface area contributed by atoms with Crippen molar-refractivity contribution >= 4 is 38.4 Å². The molecule has 3 atom stereocenters. The molecule has 0 spiro atoms. The lowest BCUT2D eigenvalue weighted by molar-refractivity contribution is -0.119. The molecule has 2 aliphatic rings. The van der Waals surface area contributed by atoms with Crippen molar-refractivity contribution < 1.29 is 9.59 Å². The van der Waals surface area contributed by atoms with E-state index < -0.39 is 15.7 Å². The van der Waals surface area contributed by atoms with Gasteiger partial charge >= 0.3 is 0 Å². The number of allylic oxidation sites excluding steroid dienone is 2. The van der Waals surface area contributed by atoms with Gasteiger partial charge in [0.2, 0.25) is 5.91 Å². The van der Waals surface area contributed by atoms with Crippen LogP contribution >= 0.6 is 10.5 Å². The molecular formula is C18H18N2O2S. The summed E-state index contributed by atoms with van der Waals surface area (Å²) in [6.07, 6.45) is 10.1. The molecule has 118 valence electrons. The lowest BCUT2D eigenvalue weighted by atomic mass is 10.0. The second-order valence-corrected chi connectivity index (χ2v) is 7.71. The fourth-order valence-electron chi connectivity index (χ4n) is 3.52. The summed E-state index contributed by atoms with van der Waals surface area (Å²) >= 11 is 0. The topological polar surface area (TPSA) is 51.1 Å². The summed E-state index contributed by atoms with van der Waals surface area (Å²) in [5.41, 5.74) is 2.02. The molecule has 4 nitrogen and oxygen atoms in total. The van der Waals surface area contributed by atoms with E-state index in [2.05, 4.69) is 46.2 Å². The van der Waals surface area contributed by atoms with Crippen LogP contribution in [0, 0.1) is 0 Å². The van der Waals surface area contributed by atoms with E-state index >= 15 is 0 Å². The Labute approximate surface area is 137 Å². The fraction of sp³-hybridized carbons (Fsp3) is 0.278. The molecule has 1 aromatic carbocycles. The number of hydrogen-bond acceptors (Lipinski definition) is 2. The predicted octanol–water partition coefficient (Wildman–Crippen LogP) is 3.91. The van der Waals surface area contributed by atoms with Crippen molar-refractivity contribution in [2.24, 2.45) is 0 Å². The van der Waals surface area contributed by atoms with Gasteiger partial charge in [-0.15, -0.1) is 0 Å². The molecule has 1 N–H and O–H groups in total. The van der Waals surface area contributed by atoms with E-state index in [9.17, 15) is 9.59 Å². The number of hydrogen-bond donors (Lipinski definition) is 1. The first-order valence-electron chi connectivity index (χ1n) is 7.80. The molecular weight excluding hydrogens is 308 g/mol. The van der Waals surface area contributed by atoms with Gasteiger partial charge in [-0.05, 0) is 37.0 Å². The average Bonchev–Trinajstić information content (AvgIpc) is 3.10. The third-order valence-corrected chi connectivity index (χ3v) is 6.27. The van der Waals surface area contributed by atoms with Crippen molar-refractivity contribution in [2.45, 2.75) is 30.6 Å². The first-order valence-corrected chi connectivity index (χ1v) is 9.26. The number of carbonyl (C=O) groups is 2. The largest absolute Gasteiger partial charge is 0.341 e. The highest BCUT2D eigenvalue weighted by molar-refractivity contribution is 8.28. The van der Waals surface area contributed by atoms with Gasteiger partial charge in [-0.25, -0.2) is 0 Å². The zero-order valence-corrected chi connectivity index (χ0v) is 13.5. The summed E-state index contributed by atoms with van der Waals surface area (Å²) in [7, 11) is -0.861. The van der Waals surface area contributed by atoms with Crippen LogP contribution < -0.4 is 5.32 Å². The van der Waals surface area contributed by atoms with Crippen LogP contribution in [-0.2, 0) is 4.79 Å². The van der Waals surface area contributed by atoms with Gasteiger partial charge in [-0.1, -0.05) is 40.6 Å². The Kier molecular flexibility index (Phi) is 3.45. The highest BCUT2D eigenvalue weighted by Gasteiger charge is 2.36. The van der Waals surface area contributed by atoms with Crippen LogP contribution in [-0.4, -0.2) is 21.6 Å². The Hall–Kier alpha value is -2.14. The molecule has 2 heterocycles. The van der Waals surface area contributed by atoms with Gasteiger partial charge < -0.3 is 4.57 Å². The average molecular weight is 326 g/mol. The SMILES string of the molecule is C=S1C(=O)NC(=O)C1c1cccc2c1ccn2C1C=CCCC1. The molecule has 0 bridgehead atoms. The molecule has 1 saturated heterocycles. The Morgan fingerprint density at radius 3 is 2.83 bits per heavy atom. The zero-order chi connectivity index (χ0) is 16.0. The molecule has 23 heavy (non-hydrogen) atoms. The van der Waals surface area contributed by atoms with Crippen LogP contribution in [0.5, 0.6) is 0 Å². The minimum absolute atomic E-state index is 0.230. The fourth-order valence-corrected chi connectivity index (χ4v) is 4.79. The van der Waals surface area contributed by atoms with Crippen LogP contribution in [0.15, 0.2) is 42.6 Å². The van der Waals surface area contributed by atoms with Gasteiger partial charge in [0.15, 0.2) is 0 Å².